The maximum Gasteiger partial charge on any atom is 0.226 e. The maximum atomic E-state index is 5.95. The Morgan fingerprint density at radius 3 is 2.68 bits per heavy atom. The Balaban J connectivity index is 1.19. The first-order valence-electron chi connectivity index (χ1n) is 10.7. The number of aromatic nitrogens is 1. The van der Waals surface area contributed by atoms with Crippen molar-refractivity contribution in [1.82, 2.24) is 10.3 Å². The SMILES string of the molecule is Cc1oc(-c2ccc3ccccc3c2)nc1CCOc1ccc(CC2COCN2)cc1. The van der Waals surface area contributed by atoms with Crippen LogP contribution in [0.1, 0.15) is 17.0 Å². The van der Waals surface area contributed by atoms with Gasteiger partial charge in [0.1, 0.15) is 11.5 Å². The van der Waals surface area contributed by atoms with E-state index in [0.717, 1.165) is 35.8 Å². The fraction of sp³-hybridized carbons (Fsp3) is 0.269. The summed E-state index contributed by atoms with van der Waals surface area (Å²) >= 11 is 0. The van der Waals surface area contributed by atoms with Crippen LogP contribution in [0, 0.1) is 6.92 Å². The van der Waals surface area contributed by atoms with Crippen molar-refractivity contribution in [3.05, 3.63) is 83.7 Å². The lowest BCUT2D eigenvalue weighted by molar-refractivity contribution is 0.189. The highest BCUT2D eigenvalue weighted by atomic mass is 16.5. The number of benzene rings is 3. The molecule has 2 heterocycles. The molecule has 0 bridgehead atoms. The molecule has 1 saturated heterocycles. The third-order valence-electron chi connectivity index (χ3n) is 5.70. The van der Waals surface area contributed by atoms with Crippen molar-refractivity contribution in [2.75, 3.05) is 19.9 Å². The molecule has 1 aliphatic rings. The molecule has 0 amide bonds. The van der Waals surface area contributed by atoms with Crippen molar-refractivity contribution < 1.29 is 13.9 Å². The maximum absolute atomic E-state index is 5.95. The molecule has 1 N–H and O–H groups in total. The van der Waals surface area contributed by atoms with Gasteiger partial charge in [0.15, 0.2) is 0 Å². The number of hydrogen-bond acceptors (Lipinski definition) is 5. The summed E-state index contributed by atoms with van der Waals surface area (Å²) in [6, 6.07) is 23.3. The summed E-state index contributed by atoms with van der Waals surface area (Å²) in [5, 5.41) is 5.72. The standard InChI is InChI=1S/C26H26N2O3/c1-18-25(28-26(31-18)22-9-8-20-4-2-3-5-21(20)15-22)12-13-30-24-10-6-19(7-11-24)14-23-16-29-17-27-23/h2-11,15,23,27H,12-14,16-17H2,1H3. The van der Waals surface area contributed by atoms with Crippen molar-refractivity contribution in [3.63, 3.8) is 0 Å². The highest BCUT2D eigenvalue weighted by molar-refractivity contribution is 5.86. The van der Waals surface area contributed by atoms with E-state index >= 15 is 0 Å². The van der Waals surface area contributed by atoms with E-state index in [2.05, 4.69) is 47.8 Å². The third kappa shape index (κ3) is 4.63. The quantitative estimate of drug-likeness (QED) is 0.466. The van der Waals surface area contributed by atoms with Crippen molar-refractivity contribution in [1.29, 1.82) is 0 Å². The summed E-state index contributed by atoms with van der Waals surface area (Å²) in [7, 11) is 0. The Bertz CT molecular complexity index is 1160. The summed E-state index contributed by atoms with van der Waals surface area (Å²) in [6.07, 6.45) is 1.67. The van der Waals surface area contributed by atoms with E-state index in [-0.39, 0.29) is 0 Å². The minimum atomic E-state index is 0.402. The smallest absolute Gasteiger partial charge is 0.226 e. The molecule has 1 atom stereocenters. The molecule has 1 aromatic heterocycles. The second-order valence-corrected chi connectivity index (χ2v) is 7.95. The Labute approximate surface area is 182 Å². The van der Waals surface area contributed by atoms with Gasteiger partial charge in [0.05, 0.1) is 25.6 Å². The molecule has 4 aromatic rings. The summed E-state index contributed by atoms with van der Waals surface area (Å²) in [5.74, 6) is 2.37. The van der Waals surface area contributed by atoms with E-state index in [1.807, 2.05) is 31.2 Å². The van der Waals surface area contributed by atoms with Gasteiger partial charge < -0.3 is 13.9 Å². The van der Waals surface area contributed by atoms with Crippen LogP contribution < -0.4 is 10.1 Å². The van der Waals surface area contributed by atoms with Crippen LogP contribution in [0.15, 0.2) is 71.1 Å². The minimum Gasteiger partial charge on any atom is -0.493 e. The second-order valence-electron chi connectivity index (χ2n) is 7.95. The van der Waals surface area contributed by atoms with Gasteiger partial charge in [-0.3, -0.25) is 5.32 Å². The van der Waals surface area contributed by atoms with Crippen LogP contribution >= 0.6 is 0 Å². The average Bonchev–Trinajstić information content (AvgIpc) is 3.44. The molecular formula is C26H26N2O3. The van der Waals surface area contributed by atoms with Crippen LogP contribution in [0.2, 0.25) is 0 Å². The van der Waals surface area contributed by atoms with Crippen LogP contribution in [0.4, 0.5) is 0 Å². The van der Waals surface area contributed by atoms with Gasteiger partial charge in [-0.05, 0) is 53.9 Å². The van der Waals surface area contributed by atoms with Crippen molar-refractivity contribution in [3.8, 4) is 17.2 Å². The number of nitrogens with one attached hydrogen (secondary N) is 1. The average molecular weight is 415 g/mol. The van der Waals surface area contributed by atoms with Gasteiger partial charge in [-0.2, -0.15) is 0 Å². The zero-order valence-corrected chi connectivity index (χ0v) is 17.6. The van der Waals surface area contributed by atoms with Crippen molar-refractivity contribution in [2.24, 2.45) is 0 Å². The molecule has 1 aliphatic heterocycles. The molecule has 1 unspecified atom stereocenters. The van der Waals surface area contributed by atoms with Crippen LogP contribution in [0.5, 0.6) is 5.75 Å². The molecule has 158 valence electrons. The number of fused-ring (bicyclic) bond motifs is 1. The predicted octanol–water partition coefficient (Wildman–Crippen LogP) is 4.91. The summed E-state index contributed by atoms with van der Waals surface area (Å²) in [5.41, 5.74) is 3.21. The first kappa shape index (κ1) is 19.8. The number of oxazole rings is 1. The molecule has 0 aliphatic carbocycles. The van der Waals surface area contributed by atoms with Gasteiger partial charge in [0, 0.05) is 18.0 Å². The molecule has 1 fully saturated rings. The zero-order chi connectivity index (χ0) is 21.0. The Kier molecular flexibility index (Phi) is 5.69. The van der Waals surface area contributed by atoms with Crippen LogP contribution in [-0.2, 0) is 17.6 Å². The molecule has 5 nitrogen and oxygen atoms in total. The van der Waals surface area contributed by atoms with E-state index in [1.54, 1.807) is 0 Å². The van der Waals surface area contributed by atoms with Gasteiger partial charge >= 0.3 is 0 Å². The summed E-state index contributed by atoms with van der Waals surface area (Å²) in [6.45, 7) is 3.94. The van der Waals surface area contributed by atoms with Crippen LogP contribution in [0.3, 0.4) is 0 Å². The lowest BCUT2D eigenvalue weighted by Crippen LogP contribution is -2.25. The predicted molar refractivity (Wildman–Crippen MR) is 121 cm³/mol. The highest BCUT2D eigenvalue weighted by Gasteiger charge is 2.15. The molecule has 31 heavy (non-hydrogen) atoms. The number of rotatable bonds is 7. The number of hydrogen-bond donors (Lipinski definition) is 1. The van der Waals surface area contributed by atoms with Crippen LogP contribution in [0.25, 0.3) is 22.2 Å². The highest BCUT2D eigenvalue weighted by Crippen LogP contribution is 2.26. The van der Waals surface area contributed by atoms with E-state index in [9.17, 15) is 0 Å². The fourth-order valence-corrected chi connectivity index (χ4v) is 3.95. The van der Waals surface area contributed by atoms with Gasteiger partial charge in [0.2, 0.25) is 5.89 Å². The van der Waals surface area contributed by atoms with E-state index < -0.39 is 0 Å². The minimum absolute atomic E-state index is 0.402. The lowest BCUT2D eigenvalue weighted by atomic mass is 10.1. The summed E-state index contributed by atoms with van der Waals surface area (Å²) in [4.78, 5) is 4.72. The van der Waals surface area contributed by atoms with Crippen LogP contribution in [-0.4, -0.2) is 31.0 Å². The zero-order valence-electron chi connectivity index (χ0n) is 17.6. The Morgan fingerprint density at radius 1 is 1.03 bits per heavy atom. The van der Waals surface area contributed by atoms with E-state index in [1.165, 1.54) is 16.3 Å². The van der Waals surface area contributed by atoms with E-state index in [0.29, 0.717) is 31.7 Å². The second kappa shape index (κ2) is 8.92. The lowest BCUT2D eigenvalue weighted by Gasteiger charge is -2.10. The first-order chi connectivity index (χ1) is 15.2. The third-order valence-corrected chi connectivity index (χ3v) is 5.70. The van der Waals surface area contributed by atoms with Gasteiger partial charge in [-0.15, -0.1) is 0 Å². The van der Waals surface area contributed by atoms with Gasteiger partial charge in [-0.25, -0.2) is 4.98 Å². The number of ether oxygens (including phenoxy) is 2. The molecule has 0 radical (unpaired) electrons. The Hall–Kier alpha value is -3.15. The molecule has 5 heteroatoms. The number of aryl methyl sites for hydroxylation is 1. The van der Waals surface area contributed by atoms with Crippen molar-refractivity contribution in [2.45, 2.75) is 25.8 Å². The molecule has 0 saturated carbocycles. The number of nitrogens with zero attached hydrogens (tertiary/aromatic N) is 1. The normalized spacial score (nSPS) is 16.1. The van der Waals surface area contributed by atoms with Gasteiger partial charge in [-0.1, -0.05) is 42.5 Å². The monoisotopic (exact) mass is 414 g/mol. The van der Waals surface area contributed by atoms with Crippen molar-refractivity contribution >= 4 is 10.8 Å². The fourth-order valence-electron chi connectivity index (χ4n) is 3.95. The molecule has 5 rings (SSSR count). The topological polar surface area (TPSA) is 56.5 Å². The first-order valence-corrected chi connectivity index (χ1v) is 10.7. The summed E-state index contributed by atoms with van der Waals surface area (Å²) < 4.78 is 17.2. The van der Waals surface area contributed by atoms with E-state index in [4.69, 9.17) is 18.9 Å². The van der Waals surface area contributed by atoms with Gasteiger partial charge in [0.25, 0.3) is 0 Å². The molecule has 0 spiro atoms. The molecule has 3 aromatic carbocycles. The Morgan fingerprint density at radius 2 is 1.87 bits per heavy atom. The largest absolute Gasteiger partial charge is 0.493 e. The molecular weight excluding hydrogens is 388 g/mol.